The molecule has 0 aromatic rings. The number of aliphatic hydroxyl groups is 1. The zero-order chi connectivity index (χ0) is 36.4. The van der Waals surface area contributed by atoms with Crippen molar-refractivity contribution in [3.05, 3.63) is 36.5 Å². The fourth-order valence-corrected chi connectivity index (χ4v) is 6.15. The van der Waals surface area contributed by atoms with Gasteiger partial charge in [0.2, 0.25) is 0 Å². The number of allylic oxidation sites excluding steroid dienone is 6. The Bertz CT molecular complexity index is 801. The first-order valence-electron chi connectivity index (χ1n) is 21.5. The Morgan fingerprint density at radius 2 is 0.800 bits per heavy atom. The highest BCUT2D eigenvalue weighted by atomic mass is 16.6. The fourth-order valence-electron chi connectivity index (χ4n) is 6.15. The van der Waals surface area contributed by atoms with E-state index in [0.717, 1.165) is 57.8 Å². The Hall–Kier alpha value is -1.88. The predicted molar refractivity (Wildman–Crippen MR) is 214 cm³/mol. The lowest BCUT2D eigenvalue weighted by molar-refractivity contribution is -0.161. The van der Waals surface area contributed by atoms with Gasteiger partial charge in [-0.3, -0.25) is 9.59 Å². The molecule has 0 bridgehead atoms. The summed E-state index contributed by atoms with van der Waals surface area (Å²) < 4.78 is 10.6. The molecule has 0 fully saturated rings. The lowest BCUT2D eigenvalue weighted by Crippen LogP contribution is -2.28. The van der Waals surface area contributed by atoms with Crippen molar-refractivity contribution in [1.29, 1.82) is 0 Å². The van der Waals surface area contributed by atoms with E-state index in [2.05, 4.69) is 50.3 Å². The molecule has 0 rings (SSSR count). The molecule has 50 heavy (non-hydrogen) atoms. The zero-order valence-electron chi connectivity index (χ0n) is 33.2. The summed E-state index contributed by atoms with van der Waals surface area (Å²) in [5.74, 6) is -0.598. The van der Waals surface area contributed by atoms with Gasteiger partial charge in [-0.15, -0.1) is 0 Å². The number of carbonyl (C=O) groups excluding carboxylic acids is 2. The number of hydrogen-bond donors (Lipinski definition) is 1. The minimum atomic E-state index is -0.775. The van der Waals surface area contributed by atoms with E-state index in [1.807, 2.05) is 0 Å². The van der Waals surface area contributed by atoms with Gasteiger partial charge in [-0.05, 0) is 51.4 Å². The average molecular weight is 703 g/mol. The van der Waals surface area contributed by atoms with Gasteiger partial charge in [0.25, 0.3) is 0 Å². The second kappa shape index (κ2) is 41.5. The van der Waals surface area contributed by atoms with Crippen LogP contribution >= 0.6 is 0 Å². The van der Waals surface area contributed by atoms with Crippen molar-refractivity contribution in [2.75, 3.05) is 13.2 Å². The van der Waals surface area contributed by atoms with E-state index in [1.54, 1.807) is 0 Å². The molecule has 1 unspecified atom stereocenters. The molecular weight excluding hydrogens is 620 g/mol. The van der Waals surface area contributed by atoms with Crippen LogP contribution in [-0.2, 0) is 19.1 Å². The molecular formula is C45H82O5. The zero-order valence-corrected chi connectivity index (χ0v) is 33.2. The maximum Gasteiger partial charge on any atom is 0.306 e. The Labute approximate surface area is 310 Å². The first kappa shape index (κ1) is 48.1. The number of ether oxygens (including phenoxy) is 2. The molecule has 0 aromatic heterocycles. The van der Waals surface area contributed by atoms with E-state index in [1.165, 1.54) is 135 Å². The summed E-state index contributed by atoms with van der Waals surface area (Å²) >= 11 is 0. The number of unbranched alkanes of at least 4 members (excludes halogenated alkanes) is 25. The van der Waals surface area contributed by atoms with Gasteiger partial charge in [0.15, 0.2) is 6.10 Å². The number of hydrogen-bond acceptors (Lipinski definition) is 5. The largest absolute Gasteiger partial charge is 0.462 e. The number of esters is 2. The van der Waals surface area contributed by atoms with Crippen LogP contribution < -0.4 is 0 Å². The topological polar surface area (TPSA) is 72.8 Å². The lowest BCUT2D eigenvalue weighted by atomic mass is 10.0. The van der Waals surface area contributed by atoms with E-state index in [9.17, 15) is 14.7 Å². The van der Waals surface area contributed by atoms with Gasteiger partial charge in [0.1, 0.15) is 6.61 Å². The van der Waals surface area contributed by atoms with E-state index in [0.29, 0.717) is 12.8 Å². The first-order valence-corrected chi connectivity index (χ1v) is 21.5. The third-order valence-electron chi connectivity index (χ3n) is 9.44. The lowest BCUT2D eigenvalue weighted by Gasteiger charge is -2.15. The summed E-state index contributed by atoms with van der Waals surface area (Å²) in [4.78, 5) is 24.3. The van der Waals surface area contributed by atoms with Gasteiger partial charge in [-0.2, -0.15) is 0 Å². The molecule has 0 spiro atoms. The van der Waals surface area contributed by atoms with Gasteiger partial charge in [-0.1, -0.05) is 192 Å². The quantitative estimate of drug-likeness (QED) is 0.0392. The van der Waals surface area contributed by atoms with Crippen LogP contribution in [0.4, 0.5) is 0 Å². The molecule has 0 heterocycles. The summed E-state index contributed by atoms with van der Waals surface area (Å²) in [6.45, 7) is 4.12. The third kappa shape index (κ3) is 38.9. The Morgan fingerprint density at radius 3 is 1.24 bits per heavy atom. The predicted octanol–water partition coefficient (Wildman–Crippen LogP) is 13.6. The van der Waals surface area contributed by atoms with E-state index in [-0.39, 0.29) is 25.2 Å². The average Bonchev–Trinajstić information content (AvgIpc) is 3.12. The van der Waals surface area contributed by atoms with Crippen molar-refractivity contribution in [3.63, 3.8) is 0 Å². The second-order valence-corrected chi connectivity index (χ2v) is 14.4. The minimum Gasteiger partial charge on any atom is -0.462 e. The van der Waals surface area contributed by atoms with Crippen molar-refractivity contribution in [2.24, 2.45) is 0 Å². The molecule has 0 amide bonds. The van der Waals surface area contributed by atoms with Crippen LogP contribution in [0.25, 0.3) is 0 Å². The smallest absolute Gasteiger partial charge is 0.306 e. The molecule has 5 heteroatoms. The number of aliphatic hydroxyl groups excluding tert-OH is 1. The van der Waals surface area contributed by atoms with Gasteiger partial charge < -0.3 is 14.6 Å². The van der Waals surface area contributed by atoms with Crippen LogP contribution in [-0.4, -0.2) is 36.4 Å². The van der Waals surface area contributed by atoms with Crippen LogP contribution in [0.15, 0.2) is 36.5 Å². The molecule has 0 saturated heterocycles. The van der Waals surface area contributed by atoms with E-state index < -0.39 is 6.10 Å². The molecule has 292 valence electrons. The summed E-state index contributed by atoms with van der Waals surface area (Å²) in [6, 6.07) is 0. The summed E-state index contributed by atoms with van der Waals surface area (Å²) in [7, 11) is 0. The molecule has 0 saturated carbocycles. The van der Waals surface area contributed by atoms with Crippen molar-refractivity contribution in [2.45, 2.75) is 225 Å². The molecule has 1 atom stereocenters. The summed E-state index contributed by atoms with van der Waals surface area (Å²) in [6.07, 6.45) is 50.6. The highest BCUT2D eigenvalue weighted by molar-refractivity contribution is 5.70. The molecule has 0 radical (unpaired) electrons. The standard InChI is InChI=1S/C45H82O5/c1-3-5-7-9-11-13-15-17-19-21-22-24-26-28-30-32-34-36-38-40-45(48)50-43(41-46)42-49-44(47)39-37-35-33-31-29-27-25-23-20-18-16-14-12-10-8-6-4-2/h11,13,17,19,22,24,43,46H,3-10,12,14-16,18,20-21,23,25-42H2,1-2H3/b13-11-,19-17-,24-22-. The van der Waals surface area contributed by atoms with Gasteiger partial charge >= 0.3 is 11.9 Å². The van der Waals surface area contributed by atoms with Crippen LogP contribution in [0.2, 0.25) is 0 Å². The SMILES string of the molecule is CCCCC/C=C\C/C=C\C/C=C\CCCCCCCCC(=O)OC(CO)COC(=O)CCCCCCCCCCCCCCCCCCC. The highest BCUT2D eigenvalue weighted by Crippen LogP contribution is 2.15. The van der Waals surface area contributed by atoms with Crippen LogP contribution in [0.3, 0.4) is 0 Å². The second-order valence-electron chi connectivity index (χ2n) is 14.4. The monoisotopic (exact) mass is 703 g/mol. The molecule has 0 aliphatic rings. The molecule has 1 N–H and O–H groups in total. The third-order valence-corrected chi connectivity index (χ3v) is 9.44. The van der Waals surface area contributed by atoms with E-state index in [4.69, 9.17) is 9.47 Å². The van der Waals surface area contributed by atoms with Crippen LogP contribution in [0.5, 0.6) is 0 Å². The van der Waals surface area contributed by atoms with Crippen molar-refractivity contribution in [3.8, 4) is 0 Å². The van der Waals surface area contributed by atoms with Crippen molar-refractivity contribution < 1.29 is 24.2 Å². The Balaban J connectivity index is 3.55. The van der Waals surface area contributed by atoms with Crippen LogP contribution in [0.1, 0.15) is 219 Å². The van der Waals surface area contributed by atoms with E-state index >= 15 is 0 Å². The van der Waals surface area contributed by atoms with Gasteiger partial charge in [-0.25, -0.2) is 0 Å². The molecule has 0 aliphatic heterocycles. The number of carbonyl (C=O) groups is 2. The molecule has 5 nitrogen and oxygen atoms in total. The Morgan fingerprint density at radius 1 is 0.460 bits per heavy atom. The fraction of sp³-hybridized carbons (Fsp3) is 0.822. The summed E-state index contributed by atoms with van der Waals surface area (Å²) in [5, 5.41) is 9.58. The maximum absolute atomic E-state index is 12.2. The highest BCUT2D eigenvalue weighted by Gasteiger charge is 2.16. The van der Waals surface area contributed by atoms with Crippen molar-refractivity contribution in [1.82, 2.24) is 0 Å². The first-order chi connectivity index (χ1) is 24.6. The normalized spacial score (nSPS) is 12.5. The Kier molecular flexibility index (Phi) is 40.0. The van der Waals surface area contributed by atoms with Crippen LogP contribution in [0, 0.1) is 0 Å². The van der Waals surface area contributed by atoms with Gasteiger partial charge in [0, 0.05) is 12.8 Å². The minimum absolute atomic E-state index is 0.0682. The summed E-state index contributed by atoms with van der Waals surface area (Å²) in [5.41, 5.74) is 0. The van der Waals surface area contributed by atoms with Crippen molar-refractivity contribution >= 4 is 11.9 Å². The molecule has 0 aromatic carbocycles. The maximum atomic E-state index is 12.2. The molecule has 0 aliphatic carbocycles. The number of rotatable bonds is 39. The van der Waals surface area contributed by atoms with Gasteiger partial charge in [0.05, 0.1) is 6.61 Å².